The van der Waals surface area contributed by atoms with Crippen molar-refractivity contribution in [2.24, 2.45) is 0 Å². The van der Waals surface area contributed by atoms with Gasteiger partial charge in [-0.05, 0) is 60.9 Å². The van der Waals surface area contributed by atoms with Crippen LogP contribution in [0.2, 0.25) is 0 Å². The minimum atomic E-state index is -4.01. The number of benzene rings is 2. The molecule has 2 heterocycles. The summed E-state index contributed by atoms with van der Waals surface area (Å²) in [5.74, 6) is -0.742. The first-order valence-electron chi connectivity index (χ1n) is 9.90. The molecule has 160 valence electrons. The van der Waals surface area contributed by atoms with Gasteiger partial charge >= 0.3 is 0 Å². The smallest absolute Gasteiger partial charge is 0.227 e. The van der Waals surface area contributed by atoms with Gasteiger partial charge in [0, 0.05) is 32.0 Å². The van der Waals surface area contributed by atoms with Crippen molar-refractivity contribution in [3.63, 3.8) is 0 Å². The molecule has 0 aromatic heterocycles. The second-order valence-electron chi connectivity index (χ2n) is 8.09. The van der Waals surface area contributed by atoms with Crippen LogP contribution in [0.5, 0.6) is 0 Å². The van der Waals surface area contributed by atoms with Crippen LogP contribution < -0.4 is 4.90 Å². The van der Waals surface area contributed by atoms with E-state index in [0.29, 0.717) is 25.1 Å². The van der Waals surface area contributed by atoms with Crippen LogP contribution in [0.15, 0.2) is 46.2 Å². The van der Waals surface area contributed by atoms with Crippen LogP contribution in [0, 0.1) is 5.82 Å². The molecule has 0 saturated carbocycles. The average Bonchev–Trinajstić information content (AvgIpc) is 2.70. The number of aryl methyl sites for hydroxylation is 1. The molecule has 2 aromatic carbocycles. The Morgan fingerprint density at radius 1 is 1.17 bits per heavy atom. The van der Waals surface area contributed by atoms with Gasteiger partial charge in [0.2, 0.25) is 15.7 Å². The fourth-order valence-corrected chi connectivity index (χ4v) is 5.62. The molecule has 0 unspecified atom stereocenters. The van der Waals surface area contributed by atoms with E-state index in [1.54, 1.807) is 19.2 Å². The maximum atomic E-state index is 14.4. The van der Waals surface area contributed by atoms with Crippen molar-refractivity contribution < 1.29 is 27.4 Å². The van der Waals surface area contributed by atoms with E-state index in [-0.39, 0.29) is 40.2 Å². The summed E-state index contributed by atoms with van der Waals surface area (Å²) in [4.78, 5) is 13.2. The Morgan fingerprint density at radius 3 is 2.67 bits per heavy atom. The zero-order valence-corrected chi connectivity index (χ0v) is 17.7. The van der Waals surface area contributed by atoms with Crippen LogP contribution in [-0.2, 0) is 31.4 Å². The molecule has 2 atom stereocenters. The first-order valence-corrected chi connectivity index (χ1v) is 11.4. The van der Waals surface area contributed by atoms with Gasteiger partial charge in [-0.1, -0.05) is 0 Å². The molecule has 8 heteroatoms. The number of ether oxygens (including phenoxy) is 1. The highest BCUT2D eigenvalue weighted by Crippen LogP contribution is 2.37. The molecule has 0 spiro atoms. The summed E-state index contributed by atoms with van der Waals surface area (Å²) >= 11 is 0. The van der Waals surface area contributed by atoms with Crippen LogP contribution in [-0.4, -0.2) is 39.2 Å². The molecule has 6 nitrogen and oxygen atoms in total. The number of nitrogens with zero attached hydrogens (tertiary/aromatic N) is 1. The maximum absolute atomic E-state index is 14.4. The summed E-state index contributed by atoms with van der Waals surface area (Å²) in [7, 11) is -2.36. The Labute approximate surface area is 175 Å². The van der Waals surface area contributed by atoms with Gasteiger partial charge in [0.25, 0.3) is 0 Å². The summed E-state index contributed by atoms with van der Waals surface area (Å²) in [6.07, 6.45) is 1.07. The lowest BCUT2D eigenvalue weighted by Crippen LogP contribution is -2.37. The molecule has 1 N–H and O–H groups in total. The number of rotatable bonds is 3. The SMILES string of the molecule is C[C@H]1C[C@@](O)(c2cc(F)cc(S(=O)(=O)c3ccc4c(c3)CCC(=O)N4C)c2)CCO1. The Kier molecular flexibility index (Phi) is 5.20. The van der Waals surface area contributed by atoms with E-state index in [1.807, 2.05) is 6.92 Å². The van der Waals surface area contributed by atoms with Crippen LogP contribution in [0.3, 0.4) is 0 Å². The Bertz CT molecular complexity index is 1120. The maximum Gasteiger partial charge on any atom is 0.227 e. The lowest BCUT2D eigenvalue weighted by molar-refractivity contribution is -0.118. The molecule has 2 aliphatic rings. The van der Waals surface area contributed by atoms with Crippen molar-refractivity contribution in [1.82, 2.24) is 0 Å². The summed E-state index contributed by atoms with van der Waals surface area (Å²) in [6.45, 7) is 2.13. The van der Waals surface area contributed by atoms with E-state index in [1.165, 1.54) is 23.1 Å². The van der Waals surface area contributed by atoms with Crippen LogP contribution in [0.4, 0.5) is 10.1 Å². The number of fused-ring (bicyclic) bond motifs is 1. The number of carbonyl (C=O) groups is 1. The summed E-state index contributed by atoms with van der Waals surface area (Å²) < 4.78 is 46.4. The van der Waals surface area contributed by atoms with Crippen molar-refractivity contribution >= 4 is 21.4 Å². The zero-order chi connectivity index (χ0) is 21.7. The lowest BCUT2D eigenvalue weighted by atomic mass is 9.84. The first kappa shape index (κ1) is 21.0. The van der Waals surface area contributed by atoms with Crippen molar-refractivity contribution in [3.8, 4) is 0 Å². The Hall–Kier alpha value is -2.29. The fourth-order valence-electron chi connectivity index (χ4n) is 4.25. The number of aliphatic hydroxyl groups is 1. The van der Waals surface area contributed by atoms with E-state index in [9.17, 15) is 22.7 Å². The predicted octanol–water partition coefficient (Wildman–Crippen LogP) is 2.95. The van der Waals surface area contributed by atoms with Crippen molar-refractivity contribution in [3.05, 3.63) is 53.3 Å². The van der Waals surface area contributed by atoms with Gasteiger partial charge in [-0.15, -0.1) is 0 Å². The molecular weight excluding hydrogens is 409 g/mol. The third kappa shape index (κ3) is 3.64. The lowest BCUT2D eigenvalue weighted by Gasteiger charge is -2.36. The number of hydrogen-bond acceptors (Lipinski definition) is 5. The van der Waals surface area contributed by atoms with E-state index in [2.05, 4.69) is 0 Å². The molecule has 1 fully saturated rings. The van der Waals surface area contributed by atoms with Gasteiger partial charge in [-0.25, -0.2) is 12.8 Å². The van der Waals surface area contributed by atoms with Crippen LogP contribution in [0.25, 0.3) is 0 Å². The molecule has 4 rings (SSSR count). The number of anilines is 1. The first-order chi connectivity index (χ1) is 14.1. The van der Waals surface area contributed by atoms with Gasteiger partial charge in [0.1, 0.15) is 5.82 Å². The van der Waals surface area contributed by atoms with Gasteiger partial charge < -0.3 is 14.7 Å². The Balaban J connectivity index is 1.75. The normalized spacial score (nSPS) is 24.6. The highest BCUT2D eigenvalue weighted by molar-refractivity contribution is 7.91. The zero-order valence-electron chi connectivity index (χ0n) is 16.9. The standard InChI is InChI=1S/C22H24FNO5S/c1-14-13-22(26,7-8-29-14)16-10-17(23)12-19(11-16)30(27,28)18-4-5-20-15(9-18)3-6-21(25)24(20)2/h4-5,9-12,14,26H,3,6-8,13H2,1-2H3/t14-,22+/m0/s1. The highest BCUT2D eigenvalue weighted by atomic mass is 32.2. The second kappa shape index (κ2) is 7.44. The van der Waals surface area contributed by atoms with Gasteiger partial charge in [0.05, 0.1) is 28.1 Å². The number of halogens is 1. The summed E-state index contributed by atoms with van der Waals surface area (Å²) in [5, 5.41) is 11.0. The van der Waals surface area contributed by atoms with E-state index >= 15 is 0 Å². The number of amides is 1. The molecule has 0 bridgehead atoms. The quantitative estimate of drug-likeness (QED) is 0.805. The van der Waals surface area contributed by atoms with Crippen molar-refractivity contribution in [1.29, 1.82) is 0 Å². The monoisotopic (exact) mass is 433 g/mol. The molecule has 0 aliphatic carbocycles. The molecule has 2 aromatic rings. The number of sulfone groups is 1. The minimum absolute atomic E-state index is 0.0215. The van der Waals surface area contributed by atoms with E-state index in [4.69, 9.17) is 4.74 Å². The second-order valence-corrected chi connectivity index (χ2v) is 10.0. The van der Waals surface area contributed by atoms with E-state index in [0.717, 1.165) is 11.6 Å². The average molecular weight is 434 g/mol. The van der Waals surface area contributed by atoms with Crippen LogP contribution in [0.1, 0.15) is 37.3 Å². The molecule has 1 amide bonds. The van der Waals surface area contributed by atoms with E-state index < -0.39 is 21.3 Å². The highest BCUT2D eigenvalue weighted by Gasteiger charge is 2.36. The van der Waals surface area contributed by atoms with Crippen molar-refractivity contribution in [2.75, 3.05) is 18.6 Å². The molecule has 2 aliphatic heterocycles. The number of carbonyl (C=O) groups excluding carboxylic acids is 1. The molecule has 0 radical (unpaired) electrons. The Morgan fingerprint density at radius 2 is 1.93 bits per heavy atom. The molecule has 1 saturated heterocycles. The predicted molar refractivity (Wildman–Crippen MR) is 109 cm³/mol. The molecule has 30 heavy (non-hydrogen) atoms. The van der Waals surface area contributed by atoms with Crippen molar-refractivity contribution in [2.45, 2.75) is 54.1 Å². The number of hydrogen-bond donors (Lipinski definition) is 1. The van der Waals surface area contributed by atoms with Gasteiger partial charge in [0.15, 0.2) is 0 Å². The third-order valence-electron chi connectivity index (χ3n) is 5.97. The fraction of sp³-hybridized carbons (Fsp3) is 0.409. The topological polar surface area (TPSA) is 83.9 Å². The summed E-state index contributed by atoms with van der Waals surface area (Å²) in [6, 6.07) is 8.09. The minimum Gasteiger partial charge on any atom is -0.385 e. The van der Waals surface area contributed by atoms with Gasteiger partial charge in [-0.3, -0.25) is 4.79 Å². The molecular formula is C22H24FNO5S. The summed E-state index contributed by atoms with van der Waals surface area (Å²) in [5.41, 5.74) is 0.324. The van der Waals surface area contributed by atoms with Crippen LogP contribution >= 0.6 is 0 Å². The third-order valence-corrected chi connectivity index (χ3v) is 7.70. The van der Waals surface area contributed by atoms with Gasteiger partial charge in [-0.2, -0.15) is 0 Å². The largest absolute Gasteiger partial charge is 0.385 e.